The van der Waals surface area contributed by atoms with Crippen LogP contribution in [0.5, 0.6) is 0 Å². The molecule has 1 aromatic heterocycles. The van der Waals surface area contributed by atoms with E-state index in [9.17, 15) is 0 Å². The number of nitrogens with zero attached hydrogens (tertiary/aromatic N) is 3. The van der Waals surface area contributed by atoms with Crippen LogP contribution in [-0.2, 0) is 6.42 Å². The highest BCUT2D eigenvalue weighted by molar-refractivity contribution is 5.23. The molecule has 0 radical (unpaired) electrons. The predicted octanol–water partition coefficient (Wildman–Crippen LogP) is 1.85. The SMILES string of the molecule is CCNC1CCCCC1Cc1nc(N(C)C)no1. The maximum atomic E-state index is 5.32. The minimum atomic E-state index is 0.610. The van der Waals surface area contributed by atoms with Gasteiger partial charge in [0.2, 0.25) is 5.89 Å². The third-order valence-electron chi connectivity index (χ3n) is 3.67. The summed E-state index contributed by atoms with van der Waals surface area (Å²) in [6.45, 7) is 3.20. The van der Waals surface area contributed by atoms with E-state index >= 15 is 0 Å². The second-order valence-corrected chi connectivity index (χ2v) is 5.30. The molecule has 2 unspecified atom stereocenters. The van der Waals surface area contributed by atoms with E-state index in [1.54, 1.807) is 0 Å². The van der Waals surface area contributed by atoms with Gasteiger partial charge in [-0.25, -0.2) is 0 Å². The monoisotopic (exact) mass is 252 g/mol. The van der Waals surface area contributed by atoms with Crippen LogP contribution < -0.4 is 10.2 Å². The Hall–Kier alpha value is -1.10. The molecule has 1 saturated carbocycles. The molecule has 1 aliphatic carbocycles. The molecule has 1 aliphatic rings. The van der Waals surface area contributed by atoms with Gasteiger partial charge in [-0.05, 0) is 30.5 Å². The molecule has 5 heteroatoms. The molecule has 1 aromatic rings. The molecular weight excluding hydrogens is 228 g/mol. The first-order valence-electron chi connectivity index (χ1n) is 6.94. The molecule has 0 aliphatic heterocycles. The largest absolute Gasteiger partial charge is 0.344 e. The first kappa shape index (κ1) is 13.3. The summed E-state index contributed by atoms with van der Waals surface area (Å²) in [6, 6.07) is 0.610. The van der Waals surface area contributed by atoms with Crippen molar-refractivity contribution >= 4 is 5.95 Å². The van der Waals surface area contributed by atoms with Gasteiger partial charge in [0.05, 0.1) is 0 Å². The molecule has 1 N–H and O–H groups in total. The Morgan fingerprint density at radius 1 is 1.33 bits per heavy atom. The van der Waals surface area contributed by atoms with Crippen molar-refractivity contribution < 1.29 is 4.52 Å². The summed E-state index contributed by atoms with van der Waals surface area (Å²) >= 11 is 0. The van der Waals surface area contributed by atoms with Crippen molar-refractivity contribution in [2.45, 2.75) is 45.1 Å². The standard InChI is InChI=1S/C13H24N4O/c1-4-14-11-8-6-5-7-10(11)9-12-15-13(16-18-12)17(2)3/h10-11,14H,4-9H2,1-3H3. The Kier molecular flexibility index (Phi) is 4.58. The fourth-order valence-corrected chi connectivity index (χ4v) is 2.72. The number of hydrogen-bond donors (Lipinski definition) is 1. The van der Waals surface area contributed by atoms with Crippen LogP contribution in [0.2, 0.25) is 0 Å². The van der Waals surface area contributed by atoms with Gasteiger partial charge in [0, 0.05) is 26.6 Å². The average Bonchev–Trinajstić information content (AvgIpc) is 2.81. The average molecular weight is 252 g/mol. The molecule has 2 atom stereocenters. The van der Waals surface area contributed by atoms with Gasteiger partial charge >= 0.3 is 0 Å². The normalized spacial score (nSPS) is 24.2. The van der Waals surface area contributed by atoms with Crippen molar-refractivity contribution in [3.63, 3.8) is 0 Å². The van der Waals surface area contributed by atoms with E-state index in [0.29, 0.717) is 17.9 Å². The minimum Gasteiger partial charge on any atom is -0.344 e. The lowest BCUT2D eigenvalue weighted by Crippen LogP contribution is -2.39. The zero-order valence-electron chi connectivity index (χ0n) is 11.6. The number of anilines is 1. The van der Waals surface area contributed by atoms with Gasteiger partial charge in [0.1, 0.15) is 0 Å². The summed E-state index contributed by atoms with van der Waals surface area (Å²) in [4.78, 5) is 6.29. The van der Waals surface area contributed by atoms with E-state index in [4.69, 9.17) is 4.52 Å². The predicted molar refractivity (Wildman–Crippen MR) is 71.8 cm³/mol. The summed E-state index contributed by atoms with van der Waals surface area (Å²) in [5, 5.41) is 7.56. The highest BCUT2D eigenvalue weighted by Crippen LogP contribution is 2.27. The molecule has 1 fully saturated rings. The molecule has 2 rings (SSSR count). The van der Waals surface area contributed by atoms with Crippen LogP contribution >= 0.6 is 0 Å². The maximum Gasteiger partial charge on any atom is 0.265 e. The Morgan fingerprint density at radius 3 is 2.78 bits per heavy atom. The van der Waals surface area contributed by atoms with E-state index < -0.39 is 0 Å². The van der Waals surface area contributed by atoms with Crippen molar-refractivity contribution in [3.05, 3.63) is 5.89 Å². The molecule has 5 nitrogen and oxygen atoms in total. The van der Waals surface area contributed by atoms with Crippen LogP contribution in [-0.4, -0.2) is 36.8 Å². The first-order chi connectivity index (χ1) is 8.70. The fraction of sp³-hybridized carbons (Fsp3) is 0.846. The van der Waals surface area contributed by atoms with Crippen LogP contribution in [0.25, 0.3) is 0 Å². The number of hydrogen-bond acceptors (Lipinski definition) is 5. The highest BCUT2D eigenvalue weighted by Gasteiger charge is 2.26. The fourth-order valence-electron chi connectivity index (χ4n) is 2.72. The highest BCUT2D eigenvalue weighted by atomic mass is 16.5. The van der Waals surface area contributed by atoms with Crippen LogP contribution in [0.3, 0.4) is 0 Å². The second-order valence-electron chi connectivity index (χ2n) is 5.30. The minimum absolute atomic E-state index is 0.610. The summed E-state index contributed by atoms with van der Waals surface area (Å²) in [5.41, 5.74) is 0. The molecule has 0 spiro atoms. The second kappa shape index (κ2) is 6.18. The summed E-state index contributed by atoms with van der Waals surface area (Å²) in [7, 11) is 3.85. The molecule has 0 saturated heterocycles. The van der Waals surface area contributed by atoms with Gasteiger partial charge in [0.25, 0.3) is 5.95 Å². The Labute approximate surface area is 109 Å². The summed E-state index contributed by atoms with van der Waals surface area (Å²) in [6.07, 6.45) is 6.09. The number of aromatic nitrogens is 2. The molecule has 18 heavy (non-hydrogen) atoms. The van der Waals surface area contributed by atoms with E-state index in [2.05, 4.69) is 22.4 Å². The maximum absolute atomic E-state index is 5.32. The molecular formula is C13H24N4O. The Bertz CT molecular complexity index is 362. The molecule has 102 valence electrons. The Balaban J connectivity index is 1.97. The van der Waals surface area contributed by atoms with E-state index in [-0.39, 0.29) is 0 Å². The van der Waals surface area contributed by atoms with Gasteiger partial charge in [-0.2, -0.15) is 4.98 Å². The molecule has 0 aromatic carbocycles. The van der Waals surface area contributed by atoms with Crippen molar-refractivity contribution in [2.75, 3.05) is 25.5 Å². The van der Waals surface area contributed by atoms with E-state index in [0.717, 1.165) is 18.9 Å². The first-order valence-corrected chi connectivity index (χ1v) is 6.94. The van der Waals surface area contributed by atoms with Crippen molar-refractivity contribution in [1.82, 2.24) is 15.5 Å². The molecule has 1 heterocycles. The lowest BCUT2D eigenvalue weighted by Gasteiger charge is -2.31. The smallest absolute Gasteiger partial charge is 0.265 e. The van der Waals surface area contributed by atoms with Gasteiger partial charge in [-0.1, -0.05) is 19.8 Å². The quantitative estimate of drug-likeness (QED) is 0.866. The lowest BCUT2D eigenvalue weighted by atomic mass is 9.82. The van der Waals surface area contributed by atoms with Crippen molar-refractivity contribution in [1.29, 1.82) is 0 Å². The Morgan fingerprint density at radius 2 is 2.11 bits per heavy atom. The zero-order valence-corrected chi connectivity index (χ0v) is 11.6. The van der Waals surface area contributed by atoms with Gasteiger partial charge in [-0.15, -0.1) is 0 Å². The zero-order chi connectivity index (χ0) is 13.0. The van der Waals surface area contributed by atoms with Gasteiger partial charge < -0.3 is 14.7 Å². The third-order valence-corrected chi connectivity index (χ3v) is 3.67. The van der Waals surface area contributed by atoms with Crippen LogP contribution in [0.4, 0.5) is 5.95 Å². The van der Waals surface area contributed by atoms with E-state index in [1.165, 1.54) is 25.7 Å². The molecule has 0 bridgehead atoms. The van der Waals surface area contributed by atoms with E-state index in [1.807, 2.05) is 19.0 Å². The summed E-state index contributed by atoms with van der Waals surface area (Å²) in [5.74, 6) is 2.07. The van der Waals surface area contributed by atoms with Gasteiger partial charge in [0.15, 0.2) is 0 Å². The number of nitrogens with one attached hydrogen (secondary N) is 1. The molecule has 0 amide bonds. The van der Waals surface area contributed by atoms with Gasteiger partial charge in [-0.3, -0.25) is 0 Å². The van der Waals surface area contributed by atoms with Crippen molar-refractivity contribution in [3.8, 4) is 0 Å². The number of rotatable bonds is 5. The van der Waals surface area contributed by atoms with Crippen molar-refractivity contribution in [2.24, 2.45) is 5.92 Å². The van der Waals surface area contributed by atoms with Crippen LogP contribution in [0.15, 0.2) is 4.52 Å². The van der Waals surface area contributed by atoms with Crippen LogP contribution in [0.1, 0.15) is 38.5 Å². The topological polar surface area (TPSA) is 54.2 Å². The van der Waals surface area contributed by atoms with Crippen LogP contribution in [0, 0.1) is 5.92 Å². The summed E-state index contributed by atoms with van der Waals surface area (Å²) < 4.78 is 5.32. The lowest BCUT2D eigenvalue weighted by molar-refractivity contribution is 0.242. The third kappa shape index (κ3) is 3.22.